The van der Waals surface area contributed by atoms with Gasteiger partial charge in [-0.05, 0) is 43.2 Å². The van der Waals surface area contributed by atoms with Crippen molar-refractivity contribution in [3.63, 3.8) is 0 Å². The van der Waals surface area contributed by atoms with Crippen molar-refractivity contribution in [3.8, 4) is 11.4 Å². The van der Waals surface area contributed by atoms with E-state index in [4.69, 9.17) is 9.51 Å². The Hall–Kier alpha value is -3.78. The smallest absolute Gasteiger partial charge is 0.262 e. The van der Waals surface area contributed by atoms with Gasteiger partial charge in [-0.3, -0.25) is 14.3 Å². The van der Waals surface area contributed by atoms with Gasteiger partial charge in [-0.15, -0.1) is 0 Å². The van der Waals surface area contributed by atoms with E-state index in [9.17, 15) is 4.79 Å². The first-order valence-corrected chi connectivity index (χ1v) is 12.1. The third-order valence-electron chi connectivity index (χ3n) is 5.60. The second-order valence-corrected chi connectivity index (χ2v) is 8.94. The van der Waals surface area contributed by atoms with Crippen LogP contribution in [0.4, 0.5) is 0 Å². The summed E-state index contributed by atoms with van der Waals surface area (Å²) in [7, 11) is 0. The number of thioether (sulfide) groups is 1. The maximum Gasteiger partial charge on any atom is 0.262 e. The lowest BCUT2D eigenvalue weighted by molar-refractivity contribution is 0.378. The molecule has 0 aliphatic heterocycles. The first-order valence-electron chi connectivity index (χ1n) is 11.1. The van der Waals surface area contributed by atoms with Gasteiger partial charge in [0, 0.05) is 30.1 Å². The summed E-state index contributed by atoms with van der Waals surface area (Å²) < 4.78 is 7.20. The van der Waals surface area contributed by atoms with Crippen molar-refractivity contribution in [3.05, 3.63) is 101 Å². The van der Waals surface area contributed by atoms with Crippen LogP contribution in [0, 0.1) is 0 Å². The molecule has 0 aliphatic rings. The number of aromatic nitrogens is 5. The predicted octanol–water partition coefficient (Wildman–Crippen LogP) is 5.18. The van der Waals surface area contributed by atoms with Crippen molar-refractivity contribution < 1.29 is 4.52 Å². The second kappa shape index (κ2) is 10.0. The molecule has 0 fully saturated rings. The van der Waals surface area contributed by atoms with Crippen LogP contribution in [0.3, 0.4) is 0 Å². The van der Waals surface area contributed by atoms with Crippen LogP contribution < -0.4 is 5.56 Å². The molecule has 0 amide bonds. The number of fused-ring (bicyclic) bond motifs is 1. The molecule has 0 N–H and O–H groups in total. The maximum absolute atomic E-state index is 13.4. The van der Waals surface area contributed by atoms with E-state index in [1.165, 1.54) is 0 Å². The topological polar surface area (TPSA) is 86.7 Å². The highest BCUT2D eigenvalue weighted by molar-refractivity contribution is 7.99. The average molecular weight is 470 g/mol. The zero-order valence-corrected chi connectivity index (χ0v) is 19.5. The van der Waals surface area contributed by atoms with Crippen molar-refractivity contribution in [1.29, 1.82) is 0 Å². The molecule has 3 heterocycles. The molecule has 2 aromatic carbocycles. The van der Waals surface area contributed by atoms with E-state index in [2.05, 4.69) is 15.1 Å². The molecule has 0 radical (unpaired) electrons. The van der Waals surface area contributed by atoms with E-state index < -0.39 is 0 Å². The number of aryl methyl sites for hydroxylation is 1. The lowest BCUT2D eigenvalue weighted by Crippen LogP contribution is -2.27. The van der Waals surface area contributed by atoms with Crippen LogP contribution in [-0.2, 0) is 6.42 Å². The Balaban J connectivity index is 1.34. The number of para-hydroxylation sites is 1. The summed E-state index contributed by atoms with van der Waals surface area (Å²) >= 11 is 1.57. The molecule has 0 aliphatic carbocycles. The fraction of sp³-hybridized carbons (Fsp3) is 0.192. The highest BCUT2D eigenvalue weighted by Gasteiger charge is 2.18. The molecule has 0 unspecified atom stereocenters. The summed E-state index contributed by atoms with van der Waals surface area (Å²) in [6.07, 6.45) is 4.87. The number of benzene rings is 2. The minimum Gasteiger partial charge on any atom is -0.339 e. The zero-order chi connectivity index (χ0) is 23.3. The van der Waals surface area contributed by atoms with Crippen LogP contribution >= 0.6 is 11.8 Å². The van der Waals surface area contributed by atoms with E-state index in [-0.39, 0.29) is 11.6 Å². The van der Waals surface area contributed by atoms with E-state index in [1.54, 1.807) is 28.7 Å². The van der Waals surface area contributed by atoms with E-state index >= 15 is 0 Å². The van der Waals surface area contributed by atoms with Crippen LogP contribution in [0.15, 0.2) is 93.6 Å². The van der Waals surface area contributed by atoms with Gasteiger partial charge in [-0.2, -0.15) is 4.98 Å². The Morgan fingerprint density at radius 2 is 1.82 bits per heavy atom. The lowest BCUT2D eigenvalue weighted by atomic mass is 10.1. The SMILES string of the molecule is C[C@@H](c1ccccc1)n1c(SCCCc2nc(-c3cccnc3)no2)nc2ccccc2c1=O. The van der Waals surface area contributed by atoms with Crippen molar-refractivity contribution >= 4 is 22.7 Å². The molecule has 0 saturated carbocycles. The Labute approximate surface area is 200 Å². The van der Waals surface area contributed by atoms with E-state index in [1.807, 2.05) is 73.7 Å². The highest BCUT2D eigenvalue weighted by atomic mass is 32.2. The van der Waals surface area contributed by atoms with E-state index in [0.717, 1.165) is 23.3 Å². The Morgan fingerprint density at radius 3 is 2.65 bits per heavy atom. The molecule has 170 valence electrons. The average Bonchev–Trinajstić information content (AvgIpc) is 3.36. The quantitative estimate of drug-likeness (QED) is 0.176. The molecule has 34 heavy (non-hydrogen) atoms. The van der Waals surface area contributed by atoms with Gasteiger partial charge in [0.15, 0.2) is 5.16 Å². The minimum absolute atomic E-state index is 0.0255. The van der Waals surface area contributed by atoms with Gasteiger partial charge in [0.2, 0.25) is 11.7 Å². The molecule has 0 saturated heterocycles. The fourth-order valence-corrected chi connectivity index (χ4v) is 4.82. The summed E-state index contributed by atoms with van der Waals surface area (Å²) in [6, 6.07) is 21.1. The number of hydrogen-bond donors (Lipinski definition) is 0. The molecule has 8 heteroatoms. The summed E-state index contributed by atoms with van der Waals surface area (Å²) in [5.74, 6) is 1.88. The lowest BCUT2D eigenvalue weighted by Gasteiger charge is -2.20. The molecule has 3 aromatic heterocycles. The van der Waals surface area contributed by atoms with Crippen molar-refractivity contribution in [2.24, 2.45) is 0 Å². The van der Waals surface area contributed by atoms with Gasteiger partial charge in [-0.1, -0.05) is 59.4 Å². The molecule has 7 nitrogen and oxygen atoms in total. The number of pyridine rings is 1. The molecule has 5 rings (SSSR count). The molecule has 0 spiro atoms. The predicted molar refractivity (Wildman–Crippen MR) is 133 cm³/mol. The number of rotatable bonds is 8. The van der Waals surface area contributed by atoms with Crippen molar-refractivity contribution in [2.45, 2.75) is 31.0 Å². The summed E-state index contributed by atoms with van der Waals surface area (Å²) in [5.41, 5.74) is 2.58. The number of nitrogens with zero attached hydrogens (tertiary/aromatic N) is 5. The Bertz CT molecular complexity index is 1450. The van der Waals surface area contributed by atoms with Crippen molar-refractivity contribution in [2.75, 3.05) is 5.75 Å². The largest absolute Gasteiger partial charge is 0.339 e. The van der Waals surface area contributed by atoms with Crippen LogP contribution in [0.25, 0.3) is 22.3 Å². The van der Waals surface area contributed by atoms with Gasteiger partial charge < -0.3 is 4.52 Å². The first kappa shape index (κ1) is 22.0. The number of hydrogen-bond acceptors (Lipinski definition) is 7. The second-order valence-electron chi connectivity index (χ2n) is 7.88. The molecule has 5 aromatic rings. The third kappa shape index (κ3) is 4.63. The van der Waals surface area contributed by atoms with Gasteiger partial charge >= 0.3 is 0 Å². The molecular weight excluding hydrogens is 446 g/mol. The normalized spacial score (nSPS) is 12.1. The first-order chi connectivity index (χ1) is 16.7. The summed E-state index contributed by atoms with van der Waals surface area (Å²) in [4.78, 5) is 26.8. The van der Waals surface area contributed by atoms with Gasteiger partial charge in [0.05, 0.1) is 16.9 Å². The Kier molecular flexibility index (Phi) is 6.49. The molecule has 0 bridgehead atoms. The highest BCUT2D eigenvalue weighted by Crippen LogP contribution is 2.25. The monoisotopic (exact) mass is 469 g/mol. The minimum atomic E-state index is -0.133. The van der Waals surface area contributed by atoms with Crippen LogP contribution in [0.5, 0.6) is 0 Å². The third-order valence-corrected chi connectivity index (χ3v) is 6.64. The molecular formula is C26H23N5O2S. The van der Waals surface area contributed by atoms with Crippen LogP contribution in [0.1, 0.15) is 30.8 Å². The van der Waals surface area contributed by atoms with Gasteiger partial charge in [0.1, 0.15) is 0 Å². The zero-order valence-electron chi connectivity index (χ0n) is 18.7. The van der Waals surface area contributed by atoms with Crippen LogP contribution in [-0.4, -0.2) is 30.4 Å². The standard InChI is InChI=1S/C26H23N5O2S/c1-18(19-9-3-2-4-10-19)31-25(32)21-12-5-6-13-22(21)28-26(31)34-16-8-14-23-29-24(30-33-23)20-11-7-15-27-17-20/h2-7,9-13,15,17-18H,8,14,16H2,1H3/t18-/m0/s1. The summed E-state index contributed by atoms with van der Waals surface area (Å²) in [6.45, 7) is 2.04. The van der Waals surface area contributed by atoms with Gasteiger partial charge in [0.25, 0.3) is 5.56 Å². The van der Waals surface area contributed by atoms with Crippen molar-refractivity contribution in [1.82, 2.24) is 24.7 Å². The maximum atomic E-state index is 13.4. The molecule has 1 atom stereocenters. The van der Waals surface area contributed by atoms with Crippen LogP contribution in [0.2, 0.25) is 0 Å². The Morgan fingerprint density at radius 1 is 1.00 bits per heavy atom. The summed E-state index contributed by atoms with van der Waals surface area (Å²) in [5, 5.41) is 5.39. The van der Waals surface area contributed by atoms with E-state index in [0.29, 0.717) is 34.2 Å². The fourth-order valence-electron chi connectivity index (χ4n) is 3.81. The van der Waals surface area contributed by atoms with Gasteiger partial charge in [-0.25, -0.2) is 4.98 Å².